The molecule has 0 saturated carbocycles. The third-order valence-corrected chi connectivity index (χ3v) is 2.17. The van der Waals surface area contributed by atoms with E-state index in [-0.39, 0.29) is 15.7 Å². The van der Waals surface area contributed by atoms with E-state index in [0.29, 0.717) is 0 Å². The van der Waals surface area contributed by atoms with Crippen molar-refractivity contribution >= 4 is 22.6 Å². The molecule has 0 radical (unpaired) electrons. The van der Waals surface area contributed by atoms with Crippen molar-refractivity contribution in [3.05, 3.63) is 32.9 Å². The van der Waals surface area contributed by atoms with Gasteiger partial charge in [-0.2, -0.15) is 0 Å². The number of nitrogens with two attached hydrogens (primary N) is 1. The summed E-state index contributed by atoms with van der Waals surface area (Å²) in [5, 5.41) is 0. The second-order valence-electron chi connectivity index (χ2n) is 2.04. The van der Waals surface area contributed by atoms with E-state index in [4.69, 9.17) is 5.73 Å². The van der Waals surface area contributed by atoms with Gasteiger partial charge in [0, 0.05) is 12.1 Å². The summed E-state index contributed by atoms with van der Waals surface area (Å²) in [6, 6.07) is 2.99. The molecular weight excluding hydrogens is 263 g/mol. The summed E-state index contributed by atoms with van der Waals surface area (Å²) in [6.45, 7) is 0.0275. The van der Waals surface area contributed by atoms with Crippen molar-refractivity contribution < 1.29 is 8.78 Å². The first-order valence-electron chi connectivity index (χ1n) is 2.99. The van der Waals surface area contributed by atoms with Crippen molar-refractivity contribution in [1.29, 1.82) is 0 Å². The highest BCUT2D eigenvalue weighted by Gasteiger charge is 2.09. The summed E-state index contributed by atoms with van der Waals surface area (Å²) in [5.74, 6) is -1.65. The summed E-state index contributed by atoms with van der Waals surface area (Å²) in [5.41, 5.74) is 5.37. The van der Waals surface area contributed by atoms with Gasteiger partial charge in [-0.3, -0.25) is 0 Å². The molecule has 0 aliphatic carbocycles. The van der Waals surface area contributed by atoms with Crippen LogP contribution in [0.4, 0.5) is 8.78 Å². The van der Waals surface area contributed by atoms with Crippen LogP contribution in [0.5, 0.6) is 0 Å². The second kappa shape index (κ2) is 3.44. The third-order valence-electron chi connectivity index (χ3n) is 1.34. The molecule has 0 heterocycles. The fraction of sp³-hybridized carbons (Fsp3) is 0.143. The van der Waals surface area contributed by atoms with Crippen LogP contribution in [-0.4, -0.2) is 0 Å². The molecule has 60 valence electrons. The maximum Gasteiger partial charge on any atom is 0.172 e. The SMILES string of the molecule is NCc1ccc(I)c(F)c1F. The number of hydrogen-bond acceptors (Lipinski definition) is 1. The minimum Gasteiger partial charge on any atom is -0.326 e. The molecule has 0 amide bonds. The molecule has 1 aromatic carbocycles. The third kappa shape index (κ3) is 1.67. The number of halogens is 3. The van der Waals surface area contributed by atoms with Crippen LogP contribution >= 0.6 is 22.6 Å². The number of benzene rings is 1. The molecule has 0 aromatic heterocycles. The normalized spacial score (nSPS) is 10.2. The van der Waals surface area contributed by atoms with Crippen LogP contribution in [0, 0.1) is 15.2 Å². The van der Waals surface area contributed by atoms with Gasteiger partial charge in [0.2, 0.25) is 0 Å². The lowest BCUT2D eigenvalue weighted by Crippen LogP contribution is -2.02. The van der Waals surface area contributed by atoms with Crippen molar-refractivity contribution in [2.75, 3.05) is 0 Å². The van der Waals surface area contributed by atoms with Crippen LogP contribution in [-0.2, 0) is 6.54 Å². The highest BCUT2D eigenvalue weighted by atomic mass is 127. The van der Waals surface area contributed by atoms with Crippen LogP contribution in [0.1, 0.15) is 5.56 Å². The molecule has 0 atom stereocenters. The molecular formula is C7H6F2IN. The summed E-state index contributed by atoms with van der Waals surface area (Å²) >= 11 is 1.73. The van der Waals surface area contributed by atoms with Gasteiger partial charge in [0.05, 0.1) is 3.57 Å². The van der Waals surface area contributed by atoms with Gasteiger partial charge in [-0.1, -0.05) is 6.07 Å². The maximum absolute atomic E-state index is 12.8. The largest absolute Gasteiger partial charge is 0.326 e. The summed E-state index contributed by atoms with van der Waals surface area (Å²) < 4.78 is 25.8. The summed E-state index contributed by atoms with van der Waals surface area (Å²) in [6.07, 6.45) is 0. The molecule has 4 heteroatoms. The van der Waals surface area contributed by atoms with Crippen LogP contribution in [0.3, 0.4) is 0 Å². The van der Waals surface area contributed by atoms with Gasteiger partial charge in [0.1, 0.15) is 0 Å². The molecule has 0 saturated heterocycles. The van der Waals surface area contributed by atoms with Crippen molar-refractivity contribution in [2.24, 2.45) is 5.73 Å². The molecule has 0 spiro atoms. The average molecular weight is 269 g/mol. The fourth-order valence-electron chi connectivity index (χ4n) is 0.724. The number of rotatable bonds is 1. The zero-order valence-electron chi connectivity index (χ0n) is 5.57. The first kappa shape index (κ1) is 8.86. The quantitative estimate of drug-likeness (QED) is 0.612. The Morgan fingerprint density at radius 1 is 1.27 bits per heavy atom. The predicted molar refractivity (Wildman–Crippen MR) is 47.0 cm³/mol. The van der Waals surface area contributed by atoms with E-state index in [2.05, 4.69) is 0 Å². The van der Waals surface area contributed by atoms with Gasteiger partial charge in [-0.05, 0) is 28.7 Å². The molecule has 0 fully saturated rings. The van der Waals surface area contributed by atoms with Gasteiger partial charge in [-0.15, -0.1) is 0 Å². The van der Waals surface area contributed by atoms with Crippen LogP contribution < -0.4 is 5.73 Å². The Labute approximate surface area is 76.7 Å². The van der Waals surface area contributed by atoms with Crippen LogP contribution in [0.25, 0.3) is 0 Å². The standard InChI is InChI=1S/C7H6F2IN/c8-6-4(3-11)1-2-5(10)7(6)9/h1-2H,3,11H2. The Balaban J connectivity index is 3.25. The van der Waals surface area contributed by atoms with E-state index in [9.17, 15) is 8.78 Å². The lowest BCUT2D eigenvalue weighted by Gasteiger charge is -2.00. The first-order chi connectivity index (χ1) is 5.16. The predicted octanol–water partition coefficient (Wildman–Crippen LogP) is 2.03. The molecule has 1 nitrogen and oxygen atoms in total. The highest BCUT2D eigenvalue weighted by Crippen LogP contribution is 2.17. The summed E-state index contributed by atoms with van der Waals surface area (Å²) in [4.78, 5) is 0. The molecule has 1 aromatic rings. The minimum atomic E-state index is -0.834. The second-order valence-corrected chi connectivity index (χ2v) is 3.20. The first-order valence-corrected chi connectivity index (χ1v) is 4.07. The Morgan fingerprint density at radius 3 is 2.45 bits per heavy atom. The average Bonchev–Trinajstić information content (AvgIpc) is 2.01. The minimum absolute atomic E-state index is 0.0275. The molecule has 1 rings (SSSR count). The zero-order valence-corrected chi connectivity index (χ0v) is 7.73. The fourth-order valence-corrected chi connectivity index (χ4v) is 1.14. The molecule has 0 aliphatic heterocycles. The van der Waals surface area contributed by atoms with E-state index in [1.807, 2.05) is 0 Å². The Morgan fingerprint density at radius 2 is 1.91 bits per heavy atom. The molecule has 2 N–H and O–H groups in total. The zero-order chi connectivity index (χ0) is 8.43. The lowest BCUT2D eigenvalue weighted by molar-refractivity contribution is 0.494. The molecule has 0 bridgehead atoms. The van der Waals surface area contributed by atoms with E-state index in [1.54, 1.807) is 22.6 Å². The van der Waals surface area contributed by atoms with Crippen molar-refractivity contribution in [2.45, 2.75) is 6.54 Å². The lowest BCUT2D eigenvalue weighted by atomic mass is 10.2. The van der Waals surface area contributed by atoms with Gasteiger partial charge in [0.15, 0.2) is 11.6 Å². The Kier molecular flexibility index (Phi) is 2.78. The van der Waals surface area contributed by atoms with Crippen LogP contribution in [0.2, 0.25) is 0 Å². The van der Waals surface area contributed by atoms with E-state index in [1.165, 1.54) is 12.1 Å². The number of hydrogen-bond donors (Lipinski definition) is 1. The molecule has 0 unspecified atom stereocenters. The topological polar surface area (TPSA) is 26.0 Å². The van der Waals surface area contributed by atoms with Gasteiger partial charge >= 0.3 is 0 Å². The Bertz CT molecular complexity index is 275. The van der Waals surface area contributed by atoms with E-state index in [0.717, 1.165) is 0 Å². The van der Waals surface area contributed by atoms with Crippen molar-refractivity contribution in [3.8, 4) is 0 Å². The summed E-state index contributed by atoms with van der Waals surface area (Å²) in [7, 11) is 0. The highest BCUT2D eigenvalue weighted by molar-refractivity contribution is 14.1. The molecule has 11 heavy (non-hydrogen) atoms. The van der Waals surface area contributed by atoms with Crippen LogP contribution in [0.15, 0.2) is 12.1 Å². The Hall–Kier alpha value is -0.230. The van der Waals surface area contributed by atoms with Gasteiger partial charge in [-0.25, -0.2) is 8.78 Å². The smallest absolute Gasteiger partial charge is 0.172 e. The molecule has 0 aliphatic rings. The monoisotopic (exact) mass is 269 g/mol. The maximum atomic E-state index is 12.8. The van der Waals surface area contributed by atoms with Crippen molar-refractivity contribution in [1.82, 2.24) is 0 Å². The van der Waals surface area contributed by atoms with E-state index < -0.39 is 11.6 Å². The van der Waals surface area contributed by atoms with Gasteiger partial charge in [0.25, 0.3) is 0 Å². The van der Waals surface area contributed by atoms with E-state index >= 15 is 0 Å². The van der Waals surface area contributed by atoms with Gasteiger partial charge < -0.3 is 5.73 Å². The van der Waals surface area contributed by atoms with Crippen molar-refractivity contribution in [3.63, 3.8) is 0 Å².